The van der Waals surface area contributed by atoms with Crippen molar-refractivity contribution in [3.63, 3.8) is 0 Å². The number of rotatable bonds is 7. The molecule has 0 fully saturated rings. The highest BCUT2D eigenvalue weighted by atomic mass is 35.5. The predicted octanol–water partition coefficient (Wildman–Crippen LogP) is 3.98. The number of hydrogen-bond donors (Lipinski definition) is 1. The van der Waals surface area contributed by atoms with Gasteiger partial charge in [0, 0.05) is 23.6 Å². The van der Waals surface area contributed by atoms with Crippen molar-refractivity contribution >= 4 is 40.6 Å². The van der Waals surface area contributed by atoms with Crippen LogP contribution in [0.2, 0.25) is 10.0 Å². The van der Waals surface area contributed by atoms with Gasteiger partial charge in [-0.05, 0) is 43.7 Å². The molecule has 2 aromatic carbocycles. The van der Waals surface area contributed by atoms with E-state index in [-0.39, 0.29) is 12.2 Å². The summed E-state index contributed by atoms with van der Waals surface area (Å²) in [5, 5.41) is 11.8. The molecule has 1 N–H and O–H groups in total. The van der Waals surface area contributed by atoms with E-state index in [4.69, 9.17) is 27.9 Å². The van der Waals surface area contributed by atoms with Crippen LogP contribution in [-0.2, 0) is 15.2 Å². The number of fused-ring (bicyclic) bond motifs is 1. The summed E-state index contributed by atoms with van der Waals surface area (Å²) in [5.74, 6) is -0.222. The molecule has 7 heteroatoms. The maximum Gasteiger partial charge on any atom is 0.264 e. The minimum absolute atomic E-state index is 0.277. The first-order valence-corrected chi connectivity index (χ1v) is 9.29. The van der Waals surface area contributed by atoms with Crippen molar-refractivity contribution in [3.8, 4) is 5.75 Å². The molecule has 5 nitrogen and oxygen atoms in total. The molecule has 142 valence electrons. The third-order valence-electron chi connectivity index (χ3n) is 4.42. The normalized spacial score (nSPS) is 18.5. The molecule has 0 saturated carbocycles. The molecule has 0 saturated heterocycles. The number of hydrogen-bond acceptors (Lipinski definition) is 4. The lowest BCUT2D eigenvalue weighted by atomic mass is 9.90. The van der Waals surface area contributed by atoms with Gasteiger partial charge in [0.15, 0.2) is 5.60 Å². The van der Waals surface area contributed by atoms with Gasteiger partial charge < -0.3 is 14.7 Å². The number of amides is 1. The van der Waals surface area contributed by atoms with E-state index in [0.29, 0.717) is 46.6 Å². The van der Waals surface area contributed by atoms with E-state index in [1.54, 1.807) is 24.3 Å². The van der Waals surface area contributed by atoms with Crippen LogP contribution < -0.4 is 9.64 Å². The Morgan fingerprint density at radius 2 is 1.96 bits per heavy atom. The van der Waals surface area contributed by atoms with Crippen LogP contribution in [0.1, 0.15) is 25.3 Å². The van der Waals surface area contributed by atoms with Gasteiger partial charge in [0.2, 0.25) is 0 Å². The van der Waals surface area contributed by atoms with Crippen LogP contribution in [0.4, 0.5) is 5.69 Å². The Hall–Kier alpha value is -2.08. The van der Waals surface area contributed by atoms with Crippen molar-refractivity contribution in [2.45, 2.75) is 25.4 Å². The molecule has 0 bridgehead atoms. The first-order valence-electron chi connectivity index (χ1n) is 8.54. The van der Waals surface area contributed by atoms with Gasteiger partial charge in [0.1, 0.15) is 11.5 Å². The van der Waals surface area contributed by atoms with Gasteiger partial charge in [-0.3, -0.25) is 9.59 Å². The van der Waals surface area contributed by atoms with E-state index in [2.05, 4.69) is 0 Å². The first-order chi connectivity index (χ1) is 12.8. The van der Waals surface area contributed by atoms with Crippen LogP contribution >= 0.6 is 23.2 Å². The van der Waals surface area contributed by atoms with Crippen molar-refractivity contribution < 1.29 is 19.4 Å². The molecule has 1 aliphatic rings. The molecule has 0 aliphatic carbocycles. The number of carbonyl (C=O) groups excluding carboxylic acids is 2. The third kappa shape index (κ3) is 3.95. The number of ether oxygens (including phenoxy) is 1. The fraction of sp³-hybridized carbons (Fsp3) is 0.300. The SMILES string of the molecule is CC(=O)C[C@@]1(O)C(=O)N(CCCOc2ccccc2Cl)c2ccc(Cl)cc21. The maximum atomic E-state index is 12.9. The fourth-order valence-corrected chi connectivity index (χ4v) is 3.60. The summed E-state index contributed by atoms with van der Waals surface area (Å²) in [6.07, 6.45) is 0.237. The van der Waals surface area contributed by atoms with E-state index in [1.165, 1.54) is 17.9 Å². The molecule has 0 radical (unpaired) electrons. The molecule has 1 amide bonds. The Morgan fingerprint density at radius 3 is 2.67 bits per heavy atom. The molecule has 3 rings (SSSR count). The number of Topliss-reactive ketones (excluding diaryl/α,β-unsaturated/α-hetero) is 1. The van der Waals surface area contributed by atoms with Crippen molar-refractivity contribution in [1.29, 1.82) is 0 Å². The highest BCUT2D eigenvalue weighted by Gasteiger charge is 2.50. The second kappa shape index (κ2) is 7.89. The van der Waals surface area contributed by atoms with Crippen LogP contribution in [0.3, 0.4) is 0 Å². The standard InChI is InChI=1S/C20H19Cl2NO4/c1-13(24)12-20(26)15-11-14(21)7-8-17(15)23(19(20)25)9-4-10-27-18-6-3-2-5-16(18)22/h2-3,5-8,11,26H,4,9-10,12H2,1H3/t20-/m0/s1. The molecule has 1 heterocycles. The first kappa shape index (κ1) is 19.7. The summed E-state index contributed by atoms with van der Waals surface area (Å²) < 4.78 is 5.65. The molecule has 27 heavy (non-hydrogen) atoms. The summed E-state index contributed by atoms with van der Waals surface area (Å²) >= 11 is 12.1. The average Bonchev–Trinajstić information content (AvgIpc) is 2.81. The number of anilines is 1. The van der Waals surface area contributed by atoms with Crippen LogP contribution in [-0.4, -0.2) is 29.9 Å². The minimum atomic E-state index is -1.88. The highest BCUT2D eigenvalue weighted by Crippen LogP contribution is 2.43. The van der Waals surface area contributed by atoms with Crippen LogP contribution in [0.5, 0.6) is 5.75 Å². The molecule has 1 atom stereocenters. The molecule has 1 aliphatic heterocycles. The number of benzene rings is 2. The third-order valence-corrected chi connectivity index (χ3v) is 4.97. The quantitative estimate of drug-likeness (QED) is 0.704. The topological polar surface area (TPSA) is 66.8 Å². The predicted molar refractivity (Wildman–Crippen MR) is 105 cm³/mol. The highest BCUT2D eigenvalue weighted by molar-refractivity contribution is 6.32. The summed E-state index contributed by atoms with van der Waals surface area (Å²) in [6, 6.07) is 12.0. The smallest absolute Gasteiger partial charge is 0.264 e. The number of ketones is 1. The Morgan fingerprint density at radius 1 is 1.22 bits per heavy atom. The number of nitrogens with zero attached hydrogens (tertiary/aromatic N) is 1. The summed E-state index contributed by atoms with van der Waals surface area (Å²) in [7, 11) is 0. The zero-order chi connectivity index (χ0) is 19.6. The average molecular weight is 408 g/mol. The van der Waals surface area contributed by atoms with Gasteiger partial charge in [-0.15, -0.1) is 0 Å². The van der Waals surface area contributed by atoms with Gasteiger partial charge in [-0.25, -0.2) is 0 Å². The van der Waals surface area contributed by atoms with E-state index >= 15 is 0 Å². The largest absolute Gasteiger partial charge is 0.492 e. The van der Waals surface area contributed by atoms with Crippen LogP contribution in [0.15, 0.2) is 42.5 Å². The number of aliphatic hydroxyl groups is 1. The minimum Gasteiger partial charge on any atom is -0.492 e. The fourth-order valence-electron chi connectivity index (χ4n) is 3.24. The second-order valence-corrected chi connectivity index (χ2v) is 7.33. The summed E-state index contributed by atoms with van der Waals surface area (Å²) in [6.45, 7) is 2.02. The lowest BCUT2D eigenvalue weighted by Gasteiger charge is -2.22. The maximum absolute atomic E-state index is 12.9. The van der Waals surface area contributed by atoms with E-state index in [9.17, 15) is 14.7 Å². The van der Waals surface area contributed by atoms with Gasteiger partial charge in [-0.2, -0.15) is 0 Å². The van der Waals surface area contributed by atoms with E-state index in [1.807, 2.05) is 12.1 Å². The zero-order valence-electron chi connectivity index (χ0n) is 14.7. The van der Waals surface area contributed by atoms with E-state index < -0.39 is 11.5 Å². The van der Waals surface area contributed by atoms with Crippen molar-refractivity contribution in [2.75, 3.05) is 18.1 Å². The molecule has 0 unspecified atom stereocenters. The number of halogens is 2. The lowest BCUT2D eigenvalue weighted by molar-refractivity contribution is -0.141. The Kier molecular flexibility index (Phi) is 5.75. The van der Waals surface area contributed by atoms with Crippen LogP contribution in [0.25, 0.3) is 0 Å². The van der Waals surface area contributed by atoms with Crippen molar-refractivity contribution in [3.05, 3.63) is 58.1 Å². The van der Waals surface area contributed by atoms with Crippen LogP contribution in [0, 0.1) is 0 Å². The van der Waals surface area contributed by atoms with Gasteiger partial charge in [0.25, 0.3) is 5.91 Å². The lowest BCUT2D eigenvalue weighted by Crippen LogP contribution is -2.42. The molecular formula is C20H19Cl2NO4. The summed E-state index contributed by atoms with van der Waals surface area (Å²) in [4.78, 5) is 25.9. The van der Waals surface area contributed by atoms with Gasteiger partial charge >= 0.3 is 0 Å². The second-order valence-electron chi connectivity index (χ2n) is 6.49. The van der Waals surface area contributed by atoms with Crippen molar-refractivity contribution in [1.82, 2.24) is 0 Å². The monoisotopic (exact) mass is 407 g/mol. The van der Waals surface area contributed by atoms with E-state index in [0.717, 1.165) is 0 Å². The van der Waals surface area contributed by atoms with Crippen molar-refractivity contribution in [2.24, 2.45) is 0 Å². The van der Waals surface area contributed by atoms with Gasteiger partial charge in [0.05, 0.1) is 17.3 Å². The van der Waals surface area contributed by atoms with Gasteiger partial charge in [-0.1, -0.05) is 35.3 Å². The number of carbonyl (C=O) groups is 2. The Bertz CT molecular complexity index is 886. The molecule has 2 aromatic rings. The molecule has 0 aromatic heterocycles. The Balaban J connectivity index is 1.73. The molecule has 0 spiro atoms. The molecular weight excluding hydrogens is 389 g/mol. The Labute approximate surface area is 167 Å². The zero-order valence-corrected chi connectivity index (χ0v) is 16.3. The number of para-hydroxylation sites is 1. The summed E-state index contributed by atoms with van der Waals surface area (Å²) in [5.41, 5.74) is -0.955.